The van der Waals surface area contributed by atoms with Gasteiger partial charge in [0.2, 0.25) is 0 Å². The van der Waals surface area contributed by atoms with Gasteiger partial charge in [0.1, 0.15) is 13.2 Å². The molecule has 2 aromatic carbocycles. The van der Waals surface area contributed by atoms with E-state index >= 15 is 0 Å². The van der Waals surface area contributed by atoms with Crippen LogP contribution in [0.2, 0.25) is 0 Å². The number of carbonyl (C=O) groups is 1. The second-order valence-electron chi connectivity index (χ2n) is 7.13. The maximum atomic E-state index is 12.4. The highest BCUT2D eigenvalue weighted by molar-refractivity contribution is 6.04. The van der Waals surface area contributed by atoms with Gasteiger partial charge in [0.25, 0.3) is 5.91 Å². The first kappa shape index (κ1) is 17.1. The first-order chi connectivity index (χ1) is 11.9. The number of hydrogen-bond donors (Lipinski definition) is 1. The van der Waals surface area contributed by atoms with Crippen LogP contribution in [0.3, 0.4) is 0 Å². The van der Waals surface area contributed by atoms with Crippen molar-refractivity contribution >= 4 is 17.7 Å². The molecule has 1 amide bonds. The van der Waals surface area contributed by atoms with E-state index in [1.807, 2.05) is 36.4 Å². The van der Waals surface area contributed by atoms with E-state index in [-0.39, 0.29) is 11.3 Å². The third kappa shape index (κ3) is 4.63. The highest BCUT2D eigenvalue weighted by Crippen LogP contribution is 2.32. The van der Waals surface area contributed by atoms with Crippen molar-refractivity contribution in [3.63, 3.8) is 0 Å². The lowest BCUT2D eigenvalue weighted by molar-refractivity contribution is 0.102. The number of ether oxygens (including phenoxy) is 2. The molecule has 130 valence electrons. The van der Waals surface area contributed by atoms with Crippen LogP contribution in [0.25, 0.3) is 6.08 Å². The van der Waals surface area contributed by atoms with Crippen molar-refractivity contribution in [3.05, 3.63) is 59.7 Å². The largest absolute Gasteiger partial charge is 0.486 e. The molecule has 1 aliphatic rings. The Hall–Kier alpha value is -2.75. The Morgan fingerprint density at radius 3 is 2.36 bits per heavy atom. The van der Waals surface area contributed by atoms with Crippen LogP contribution in [0.1, 0.15) is 36.7 Å². The van der Waals surface area contributed by atoms with Gasteiger partial charge in [0, 0.05) is 17.3 Å². The minimum atomic E-state index is -0.150. The highest BCUT2D eigenvalue weighted by Gasteiger charge is 2.13. The molecule has 0 bridgehead atoms. The van der Waals surface area contributed by atoms with Crippen LogP contribution in [-0.2, 0) is 0 Å². The van der Waals surface area contributed by atoms with Crippen LogP contribution < -0.4 is 14.8 Å². The van der Waals surface area contributed by atoms with Gasteiger partial charge in [-0.05, 0) is 35.2 Å². The van der Waals surface area contributed by atoms with Crippen molar-refractivity contribution in [1.82, 2.24) is 0 Å². The van der Waals surface area contributed by atoms with Crippen LogP contribution >= 0.6 is 0 Å². The second-order valence-corrected chi connectivity index (χ2v) is 7.13. The van der Waals surface area contributed by atoms with Gasteiger partial charge in [-0.25, -0.2) is 0 Å². The fourth-order valence-corrected chi connectivity index (χ4v) is 2.42. The lowest BCUT2D eigenvalue weighted by atomic mass is 9.95. The summed E-state index contributed by atoms with van der Waals surface area (Å²) in [6, 6.07) is 13.0. The highest BCUT2D eigenvalue weighted by atomic mass is 16.6. The number of amides is 1. The van der Waals surface area contributed by atoms with Crippen molar-refractivity contribution in [2.75, 3.05) is 18.5 Å². The molecule has 3 rings (SSSR count). The Kier molecular flexibility index (Phi) is 4.79. The molecule has 0 unspecified atom stereocenters. The van der Waals surface area contributed by atoms with Gasteiger partial charge in [0.15, 0.2) is 11.5 Å². The van der Waals surface area contributed by atoms with E-state index in [1.165, 1.54) is 0 Å². The predicted molar refractivity (Wildman–Crippen MR) is 100 cm³/mol. The van der Waals surface area contributed by atoms with Crippen molar-refractivity contribution in [2.24, 2.45) is 5.41 Å². The maximum absolute atomic E-state index is 12.4. The smallest absolute Gasteiger partial charge is 0.255 e. The molecule has 0 fully saturated rings. The number of hydrogen-bond acceptors (Lipinski definition) is 3. The van der Waals surface area contributed by atoms with Crippen molar-refractivity contribution in [1.29, 1.82) is 0 Å². The average Bonchev–Trinajstić information content (AvgIpc) is 2.59. The molecule has 25 heavy (non-hydrogen) atoms. The van der Waals surface area contributed by atoms with Crippen LogP contribution in [0.4, 0.5) is 5.69 Å². The number of benzene rings is 2. The molecule has 1 N–H and O–H groups in total. The van der Waals surface area contributed by atoms with E-state index in [1.54, 1.807) is 6.07 Å². The second kappa shape index (κ2) is 7.01. The molecule has 4 nitrogen and oxygen atoms in total. The van der Waals surface area contributed by atoms with Gasteiger partial charge in [0.05, 0.1) is 0 Å². The molecular formula is C21H23NO3. The van der Waals surface area contributed by atoms with Crippen molar-refractivity contribution in [3.8, 4) is 11.5 Å². The van der Waals surface area contributed by atoms with Crippen LogP contribution in [-0.4, -0.2) is 19.1 Å². The molecular weight excluding hydrogens is 314 g/mol. The Morgan fingerprint density at radius 1 is 1.00 bits per heavy atom. The summed E-state index contributed by atoms with van der Waals surface area (Å²) in [4.78, 5) is 12.4. The topological polar surface area (TPSA) is 47.6 Å². The van der Waals surface area contributed by atoms with E-state index in [2.05, 4.69) is 38.2 Å². The molecule has 0 atom stereocenters. The Labute approximate surface area is 148 Å². The molecule has 0 aliphatic carbocycles. The van der Waals surface area contributed by atoms with Gasteiger partial charge in [-0.2, -0.15) is 0 Å². The molecule has 1 aliphatic heterocycles. The van der Waals surface area contributed by atoms with Gasteiger partial charge in [-0.15, -0.1) is 0 Å². The summed E-state index contributed by atoms with van der Waals surface area (Å²) in [5.41, 5.74) is 2.51. The van der Waals surface area contributed by atoms with Crippen molar-refractivity contribution in [2.45, 2.75) is 20.8 Å². The van der Waals surface area contributed by atoms with E-state index in [0.717, 1.165) is 5.56 Å². The zero-order valence-corrected chi connectivity index (χ0v) is 14.8. The first-order valence-electron chi connectivity index (χ1n) is 8.41. The summed E-state index contributed by atoms with van der Waals surface area (Å²) >= 11 is 0. The molecule has 1 heterocycles. The first-order valence-corrected chi connectivity index (χ1v) is 8.41. The van der Waals surface area contributed by atoms with E-state index in [9.17, 15) is 4.79 Å². The van der Waals surface area contributed by atoms with E-state index in [4.69, 9.17) is 9.47 Å². The summed E-state index contributed by atoms with van der Waals surface area (Å²) in [7, 11) is 0. The molecule has 0 saturated carbocycles. The lowest BCUT2D eigenvalue weighted by Gasteiger charge is -2.19. The molecule has 0 radical (unpaired) electrons. The quantitative estimate of drug-likeness (QED) is 0.877. The SMILES string of the molecule is CC(C)(C)/C=C/c1ccc(C(=O)Nc2ccc3c(c2)OCCO3)cc1. The number of nitrogens with one attached hydrogen (secondary N) is 1. The summed E-state index contributed by atoms with van der Waals surface area (Å²) in [6.45, 7) is 7.53. The number of allylic oxidation sites excluding steroid dienone is 1. The Balaban J connectivity index is 1.68. The minimum Gasteiger partial charge on any atom is -0.486 e. The molecule has 0 spiro atoms. The number of carbonyl (C=O) groups excluding carboxylic acids is 1. The summed E-state index contributed by atoms with van der Waals surface area (Å²) in [5.74, 6) is 1.22. The zero-order valence-electron chi connectivity index (χ0n) is 14.8. The number of rotatable bonds is 3. The fraction of sp³-hybridized carbons (Fsp3) is 0.286. The van der Waals surface area contributed by atoms with Gasteiger partial charge >= 0.3 is 0 Å². The summed E-state index contributed by atoms with van der Waals surface area (Å²) in [6.07, 6.45) is 4.22. The monoisotopic (exact) mass is 337 g/mol. The average molecular weight is 337 g/mol. The number of anilines is 1. The fourth-order valence-electron chi connectivity index (χ4n) is 2.42. The molecule has 0 saturated heterocycles. The molecule has 0 aromatic heterocycles. The number of fused-ring (bicyclic) bond motifs is 1. The summed E-state index contributed by atoms with van der Waals surface area (Å²) < 4.78 is 11.0. The Morgan fingerprint density at radius 2 is 1.68 bits per heavy atom. The predicted octanol–water partition coefficient (Wildman–Crippen LogP) is 4.77. The normalized spacial score (nSPS) is 13.7. The van der Waals surface area contributed by atoms with E-state index in [0.29, 0.717) is 36.0 Å². The lowest BCUT2D eigenvalue weighted by Crippen LogP contribution is -2.16. The van der Waals surface area contributed by atoms with Crippen LogP contribution in [0.15, 0.2) is 48.5 Å². The molecule has 2 aromatic rings. The van der Waals surface area contributed by atoms with Crippen molar-refractivity contribution < 1.29 is 14.3 Å². The molecule has 4 heteroatoms. The van der Waals surface area contributed by atoms with Gasteiger partial charge in [-0.3, -0.25) is 4.79 Å². The van der Waals surface area contributed by atoms with Crippen LogP contribution in [0.5, 0.6) is 11.5 Å². The Bertz CT molecular complexity index is 786. The van der Waals surface area contributed by atoms with Crippen LogP contribution in [0, 0.1) is 5.41 Å². The summed E-state index contributed by atoms with van der Waals surface area (Å²) in [5, 5.41) is 2.89. The van der Waals surface area contributed by atoms with E-state index < -0.39 is 0 Å². The van der Waals surface area contributed by atoms with Gasteiger partial charge < -0.3 is 14.8 Å². The zero-order chi connectivity index (χ0) is 17.9. The third-order valence-electron chi connectivity index (χ3n) is 3.75. The minimum absolute atomic E-state index is 0.133. The maximum Gasteiger partial charge on any atom is 0.255 e. The standard InChI is InChI=1S/C21H23NO3/c1-21(2,3)11-10-15-4-6-16(7-5-15)20(23)22-17-8-9-18-19(14-17)25-13-12-24-18/h4-11,14H,12-13H2,1-3H3,(H,22,23)/b11-10+. The van der Waals surface area contributed by atoms with Gasteiger partial charge in [-0.1, -0.05) is 45.1 Å². The third-order valence-corrected chi connectivity index (χ3v) is 3.75.